The van der Waals surface area contributed by atoms with Crippen molar-refractivity contribution in [3.8, 4) is 17.2 Å². The van der Waals surface area contributed by atoms with Crippen LogP contribution in [0.5, 0.6) is 17.2 Å². The van der Waals surface area contributed by atoms with Crippen molar-refractivity contribution in [2.24, 2.45) is 5.10 Å². The molecule has 1 N–H and O–H groups in total. The zero-order chi connectivity index (χ0) is 20.2. The minimum Gasteiger partial charge on any atom is -0.493 e. The Morgan fingerprint density at radius 1 is 1.00 bits per heavy atom. The molecule has 0 atom stereocenters. The van der Waals surface area contributed by atoms with Crippen LogP contribution in [0.1, 0.15) is 18.1 Å². The second-order valence-electron chi connectivity index (χ2n) is 5.96. The van der Waals surface area contributed by atoms with Gasteiger partial charge in [0.05, 0.1) is 26.5 Å². The number of aryl methyl sites for hydroxylation is 1. The first-order valence-corrected chi connectivity index (χ1v) is 8.96. The van der Waals surface area contributed by atoms with Crippen molar-refractivity contribution in [1.82, 2.24) is 5.43 Å². The van der Waals surface area contributed by atoms with Gasteiger partial charge in [-0.2, -0.15) is 5.10 Å². The molecular formula is C21H26N2O5. The number of carbonyl (C=O) groups is 1. The zero-order valence-corrected chi connectivity index (χ0v) is 16.4. The summed E-state index contributed by atoms with van der Waals surface area (Å²) in [6.07, 6.45) is 1.53. The van der Waals surface area contributed by atoms with Crippen LogP contribution in [0.15, 0.2) is 47.6 Å². The van der Waals surface area contributed by atoms with E-state index in [4.69, 9.17) is 18.9 Å². The van der Waals surface area contributed by atoms with Gasteiger partial charge in [0, 0.05) is 6.92 Å². The average molecular weight is 386 g/mol. The monoisotopic (exact) mass is 386 g/mol. The van der Waals surface area contributed by atoms with Gasteiger partial charge in [0.1, 0.15) is 19.0 Å². The second-order valence-corrected chi connectivity index (χ2v) is 5.96. The Morgan fingerprint density at radius 3 is 2.39 bits per heavy atom. The van der Waals surface area contributed by atoms with Crippen LogP contribution in [-0.2, 0) is 9.53 Å². The van der Waals surface area contributed by atoms with Gasteiger partial charge in [-0.1, -0.05) is 17.7 Å². The summed E-state index contributed by atoms with van der Waals surface area (Å²) in [5.74, 6) is 1.79. The van der Waals surface area contributed by atoms with E-state index in [0.717, 1.165) is 11.3 Å². The van der Waals surface area contributed by atoms with Gasteiger partial charge in [-0.05, 0) is 42.8 Å². The van der Waals surface area contributed by atoms with Crippen LogP contribution in [-0.4, -0.2) is 45.7 Å². The highest BCUT2D eigenvalue weighted by atomic mass is 16.6. The van der Waals surface area contributed by atoms with Crippen LogP contribution in [0, 0.1) is 6.92 Å². The van der Waals surface area contributed by atoms with E-state index < -0.39 is 0 Å². The third-order valence-corrected chi connectivity index (χ3v) is 3.63. The number of methoxy groups -OCH3 is 1. The molecule has 0 heterocycles. The van der Waals surface area contributed by atoms with E-state index in [2.05, 4.69) is 10.5 Å². The molecule has 2 aromatic rings. The Balaban J connectivity index is 1.68. The summed E-state index contributed by atoms with van der Waals surface area (Å²) >= 11 is 0. The minimum atomic E-state index is -0.229. The number of hydrazone groups is 1. The van der Waals surface area contributed by atoms with E-state index in [9.17, 15) is 4.79 Å². The molecular weight excluding hydrogens is 360 g/mol. The molecule has 7 nitrogen and oxygen atoms in total. The predicted octanol–water partition coefficient (Wildman–Crippen LogP) is 2.95. The van der Waals surface area contributed by atoms with Crippen molar-refractivity contribution in [3.05, 3.63) is 53.6 Å². The number of hydrogen-bond acceptors (Lipinski definition) is 6. The summed E-state index contributed by atoms with van der Waals surface area (Å²) in [4.78, 5) is 10.8. The number of ether oxygens (including phenoxy) is 4. The van der Waals surface area contributed by atoms with Gasteiger partial charge in [-0.25, -0.2) is 5.43 Å². The largest absolute Gasteiger partial charge is 0.493 e. The Morgan fingerprint density at radius 2 is 1.71 bits per heavy atom. The van der Waals surface area contributed by atoms with Crippen molar-refractivity contribution < 1.29 is 23.7 Å². The maximum absolute atomic E-state index is 10.8. The summed E-state index contributed by atoms with van der Waals surface area (Å²) in [5, 5.41) is 3.82. The predicted molar refractivity (Wildman–Crippen MR) is 107 cm³/mol. The number of hydrogen-bond donors (Lipinski definition) is 1. The van der Waals surface area contributed by atoms with Crippen LogP contribution < -0.4 is 19.6 Å². The SMILES string of the molecule is COc1cc(/C=N/NC(C)=O)ccc1OCCOCCOc1ccc(C)cc1. The smallest absolute Gasteiger partial charge is 0.236 e. The van der Waals surface area contributed by atoms with Crippen molar-refractivity contribution in [1.29, 1.82) is 0 Å². The first kappa shape index (κ1) is 21.2. The van der Waals surface area contributed by atoms with Crippen LogP contribution >= 0.6 is 0 Å². The van der Waals surface area contributed by atoms with Crippen LogP contribution in [0.25, 0.3) is 0 Å². The lowest BCUT2D eigenvalue weighted by Gasteiger charge is -2.12. The summed E-state index contributed by atoms with van der Waals surface area (Å²) in [7, 11) is 1.57. The number of amides is 1. The summed E-state index contributed by atoms with van der Waals surface area (Å²) in [5.41, 5.74) is 4.33. The van der Waals surface area contributed by atoms with Gasteiger partial charge in [0.15, 0.2) is 11.5 Å². The molecule has 0 aliphatic rings. The molecule has 7 heteroatoms. The van der Waals surface area contributed by atoms with Crippen LogP contribution in [0.3, 0.4) is 0 Å². The van der Waals surface area contributed by atoms with Gasteiger partial charge >= 0.3 is 0 Å². The molecule has 0 spiro atoms. The lowest BCUT2D eigenvalue weighted by atomic mass is 10.2. The van der Waals surface area contributed by atoms with E-state index in [1.807, 2.05) is 37.3 Å². The first-order chi connectivity index (χ1) is 13.6. The molecule has 0 aromatic heterocycles. The zero-order valence-electron chi connectivity index (χ0n) is 16.4. The second kappa shape index (κ2) is 11.6. The Hall–Kier alpha value is -3.06. The standard InChI is InChI=1S/C21H26N2O5/c1-16-4-7-19(8-5-16)27-12-10-26-11-13-28-20-9-6-18(14-21(20)25-3)15-22-23-17(2)24/h4-9,14-15H,10-13H2,1-3H3,(H,23,24)/b22-15+. The first-order valence-electron chi connectivity index (χ1n) is 8.96. The Labute approximate surface area is 165 Å². The normalized spacial score (nSPS) is 10.7. The topological polar surface area (TPSA) is 78.4 Å². The molecule has 0 saturated heterocycles. The van der Waals surface area contributed by atoms with Crippen LogP contribution in [0.2, 0.25) is 0 Å². The number of benzene rings is 2. The minimum absolute atomic E-state index is 0.229. The van der Waals surface area contributed by atoms with E-state index in [0.29, 0.717) is 37.9 Å². The molecule has 2 aromatic carbocycles. The Kier molecular flexibility index (Phi) is 8.81. The lowest BCUT2D eigenvalue weighted by Crippen LogP contribution is -2.12. The summed E-state index contributed by atoms with van der Waals surface area (Å²) < 4.78 is 22.1. The quantitative estimate of drug-likeness (QED) is 0.365. The summed E-state index contributed by atoms with van der Waals surface area (Å²) in [6.45, 7) is 5.22. The highest BCUT2D eigenvalue weighted by Crippen LogP contribution is 2.27. The fraction of sp³-hybridized carbons (Fsp3) is 0.333. The van der Waals surface area contributed by atoms with Gasteiger partial charge in [-0.15, -0.1) is 0 Å². The lowest BCUT2D eigenvalue weighted by molar-refractivity contribution is -0.118. The van der Waals surface area contributed by atoms with E-state index in [1.165, 1.54) is 18.7 Å². The van der Waals surface area contributed by atoms with Gasteiger partial charge in [-0.3, -0.25) is 4.79 Å². The molecule has 2 rings (SSSR count). The molecule has 0 saturated carbocycles. The maximum Gasteiger partial charge on any atom is 0.236 e. The molecule has 0 aliphatic carbocycles. The third kappa shape index (κ3) is 7.67. The van der Waals surface area contributed by atoms with E-state index >= 15 is 0 Å². The average Bonchev–Trinajstić information content (AvgIpc) is 2.69. The van der Waals surface area contributed by atoms with E-state index in [1.54, 1.807) is 19.2 Å². The molecule has 0 radical (unpaired) electrons. The molecule has 1 amide bonds. The fourth-order valence-corrected chi connectivity index (χ4v) is 2.25. The van der Waals surface area contributed by atoms with Gasteiger partial charge in [0.25, 0.3) is 0 Å². The molecule has 28 heavy (non-hydrogen) atoms. The van der Waals surface area contributed by atoms with E-state index in [-0.39, 0.29) is 5.91 Å². The number of rotatable bonds is 11. The molecule has 0 unspecified atom stereocenters. The highest BCUT2D eigenvalue weighted by molar-refractivity contribution is 5.82. The molecule has 0 fully saturated rings. The van der Waals surface area contributed by atoms with Crippen molar-refractivity contribution in [3.63, 3.8) is 0 Å². The van der Waals surface area contributed by atoms with Crippen molar-refractivity contribution in [2.45, 2.75) is 13.8 Å². The number of nitrogens with zero attached hydrogens (tertiary/aromatic N) is 1. The molecule has 150 valence electrons. The summed E-state index contributed by atoms with van der Waals surface area (Å²) in [6, 6.07) is 13.3. The van der Waals surface area contributed by atoms with Gasteiger partial charge < -0.3 is 18.9 Å². The molecule has 0 aliphatic heterocycles. The fourth-order valence-electron chi connectivity index (χ4n) is 2.25. The van der Waals surface area contributed by atoms with Crippen LogP contribution in [0.4, 0.5) is 0 Å². The highest BCUT2D eigenvalue weighted by Gasteiger charge is 2.05. The van der Waals surface area contributed by atoms with Crippen molar-refractivity contribution >= 4 is 12.1 Å². The third-order valence-electron chi connectivity index (χ3n) is 3.63. The number of nitrogens with one attached hydrogen (secondary N) is 1. The Bertz CT molecular complexity index is 775. The maximum atomic E-state index is 10.8. The number of carbonyl (C=O) groups excluding carboxylic acids is 1. The van der Waals surface area contributed by atoms with Crippen molar-refractivity contribution in [2.75, 3.05) is 33.5 Å². The molecule has 0 bridgehead atoms. The van der Waals surface area contributed by atoms with Gasteiger partial charge in [0.2, 0.25) is 5.91 Å².